The number of hydrogen-bond acceptors (Lipinski definition) is 4. The molecule has 34 heavy (non-hydrogen) atoms. The molecule has 0 spiro atoms. The van der Waals surface area contributed by atoms with Gasteiger partial charge in [0.15, 0.2) is 12.0 Å². The Labute approximate surface area is 204 Å². The van der Waals surface area contributed by atoms with Crippen LogP contribution < -0.4 is 9.47 Å². The number of hydrogen-bond donors (Lipinski definition) is 0. The van der Waals surface area contributed by atoms with Crippen molar-refractivity contribution in [3.8, 4) is 28.7 Å². The molecular weight excluding hydrogens is 446 g/mol. The molecule has 0 atom stereocenters. The number of carbonyl (C=O) groups excluding carboxylic acids is 1. The average molecular weight is 468 g/mol. The highest BCUT2D eigenvalue weighted by atomic mass is 35.5. The second-order valence-corrected chi connectivity index (χ2v) is 8.14. The number of nitriles is 1. The van der Waals surface area contributed by atoms with Gasteiger partial charge in [-0.3, -0.25) is 4.79 Å². The lowest BCUT2D eigenvalue weighted by molar-refractivity contribution is 0.111. The molecule has 0 aliphatic carbocycles. The molecule has 0 aliphatic rings. The largest absolute Gasteiger partial charge is 0.487 e. The van der Waals surface area contributed by atoms with E-state index >= 15 is 0 Å². The van der Waals surface area contributed by atoms with Crippen LogP contribution in [0.25, 0.3) is 11.1 Å². The Morgan fingerprint density at radius 1 is 0.912 bits per heavy atom. The fourth-order valence-corrected chi connectivity index (χ4v) is 4.00. The number of aldehydes is 1. The molecule has 168 valence electrons. The zero-order valence-corrected chi connectivity index (χ0v) is 19.4. The Bertz CT molecular complexity index is 1360. The molecule has 0 saturated carbocycles. The highest BCUT2D eigenvalue weighted by Gasteiger charge is 2.16. The van der Waals surface area contributed by atoms with Gasteiger partial charge in [-0.05, 0) is 59.0 Å². The number of nitrogens with zero attached hydrogens (tertiary/aromatic N) is 1. The highest BCUT2D eigenvalue weighted by molar-refractivity contribution is 6.34. The lowest BCUT2D eigenvalue weighted by Gasteiger charge is -2.16. The van der Waals surface area contributed by atoms with Gasteiger partial charge in [0.2, 0.25) is 0 Å². The maximum Gasteiger partial charge on any atom is 0.153 e. The Kier molecular flexibility index (Phi) is 7.27. The normalized spacial score (nSPS) is 10.4. The van der Waals surface area contributed by atoms with Crippen LogP contribution in [0.5, 0.6) is 11.5 Å². The molecule has 0 aromatic heterocycles. The molecule has 0 saturated heterocycles. The van der Waals surface area contributed by atoms with Gasteiger partial charge in [-0.2, -0.15) is 5.26 Å². The van der Waals surface area contributed by atoms with Crippen molar-refractivity contribution in [2.45, 2.75) is 20.1 Å². The van der Waals surface area contributed by atoms with Crippen molar-refractivity contribution in [3.63, 3.8) is 0 Å². The van der Waals surface area contributed by atoms with Crippen LogP contribution in [0.1, 0.15) is 32.6 Å². The fourth-order valence-electron chi connectivity index (χ4n) is 3.72. The Morgan fingerprint density at radius 3 is 2.47 bits per heavy atom. The van der Waals surface area contributed by atoms with Crippen molar-refractivity contribution in [2.75, 3.05) is 0 Å². The Morgan fingerprint density at radius 2 is 1.71 bits per heavy atom. The summed E-state index contributed by atoms with van der Waals surface area (Å²) in [7, 11) is 0. The number of rotatable bonds is 8. The molecule has 0 radical (unpaired) electrons. The van der Waals surface area contributed by atoms with E-state index in [1.165, 1.54) is 0 Å². The summed E-state index contributed by atoms with van der Waals surface area (Å²) < 4.78 is 11.9. The molecule has 5 heteroatoms. The van der Waals surface area contributed by atoms with E-state index in [1.807, 2.05) is 36.4 Å². The van der Waals surface area contributed by atoms with Gasteiger partial charge in [-0.1, -0.05) is 72.3 Å². The van der Waals surface area contributed by atoms with Crippen LogP contribution in [-0.4, -0.2) is 6.29 Å². The van der Waals surface area contributed by atoms with Crippen LogP contribution in [0, 0.1) is 18.3 Å². The molecule has 0 unspecified atom stereocenters. The van der Waals surface area contributed by atoms with Crippen LogP contribution >= 0.6 is 11.6 Å². The molecule has 0 heterocycles. The summed E-state index contributed by atoms with van der Waals surface area (Å²) in [6, 6.07) is 28.8. The van der Waals surface area contributed by atoms with Gasteiger partial charge < -0.3 is 9.47 Å². The van der Waals surface area contributed by atoms with Crippen molar-refractivity contribution < 1.29 is 14.3 Å². The first-order chi connectivity index (χ1) is 16.6. The lowest BCUT2D eigenvalue weighted by Crippen LogP contribution is -2.03. The first-order valence-electron chi connectivity index (χ1n) is 10.8. The number of halogens is 1. The fraction of sp³-hybridized carbons (Fsp3) is 0.103. The van der Waals surface area contributed by atoms with Gasteiger partial charge in [0, 0.05) is 0 Å². The van der Waals surface area contributed by atoms with Crippen LogP contribution in [0.2, 0.25) is 5.02 Å². The molecule has 4 rings (SSSR count). The molecule has 0 bridgehead atoms. The van der Waals surface area contributed by atoms with E-state index < -0.39 is 0 Å². The summed E-state index contributed by atoms with van der Waals surface area (Å²) in [5.41, 5.74) is 6.12. The topological polar surface area (TPSA) is 59.3 Å². The molecule has 0 amide bonds. The monoisotopic (exact) mass is 467 g/mol. The maximum atomic E-state index is 11.6. The summed E-state index contributed by atoms with van der Waals surface area (Å²) in [6.45, 7) is 2.55. The van der Waals surface area contributed by atoms with E-state index in [0.717, 1.165) is 27.8 Å². The standard InChI is InChI=1S/C29H22ClNO3/c1-20-25(11-6-12-26(20)23-9-3-2-4-10-23)19-33-27-14-13-24(17-32)29(28(27)30)34-18-22-8-5-7-21(15-22)16-31/h2-15,17H,18-19H2,1H3. The first kappa shape index (κ1) is 23.1. The van der Waals surface area contributed by atoms with Gasteiger partial charge in [-0.15, -0.1) is 0 Å². The minimum Gasteiger partial charge on any atom is -0.487 e. The van der Waals surface area contributed by atoms with Gasteiger partial charge in [0.05, 0.1) is 17.2 Å². The number of carbonyl (C=O) groups is 1. The molecular formula is C29H22ClNO3. The van der Waals surface area contributed by atoms with Crippen molar-refractivity contribution >= 4 is 17.9 Å². The second kappa shape index (κ2) is 10.7. The second-order valence-electron chi connectivity index (χ2n) is 7.76. The van der Waals surface area contributed by atoms with Crippen LogP contribution in [-0.2, 0) is 13.2 Å². The molecule has 0 fully saturated rings. The Balaban J connectivity index is 1.54. The van der Waals surface area contributed by atoms with E-state index in [9.17, 15) is 4.79 Å². The van der Waals surface area contributed by atoms with E-state index in [0.29, 0.717) is 29.8 Å². The third-order valence-corrected chi connectivity index (χ3v) is 5.93. The molecule has 0 N–H and O–H groups in total. The number of benzene rings is 4. The smallest absolute Gasteiger partial charge is 0.153 e. The zero-order chi connectivity index (χ0) is 23.9. The molecule has 4 aromatic rings. The van der Waals surface area contributed by atoms with Crippen molar-refractivity contribution in [2.24, 2.45) is 0 Å². The summed E-state index contributed by atoms with van der Waals surface area (Å²) in [4.78, 5) is 11.6. The van der Waals surface area contributed by atoms with E-state index in [1.54, 1.807) is 30.3 Å². The summed E-state index contributed by atoms with van der Waals surface area (Å²) in [5.74, 6) is 0.684. The molecule has 0 aliphatic heterocycles. The van der Waals surface area contributed by atoms with Crippen LogP contribution in [0.15, 0.2) is 84.9 Å². The predicted molar refractivity (Wildman–Crippen MR) is 133 cm³/mol. The summed E-state index contributed by atoms with van der Waals surface area (Å²) in [6.07, 6.45) is 0.699. The minimum atomic E-state index is 0.164. The van der Waals surface area contributed by atoms with Crippen molar-refractivity contribution in [1.29, 1.82) is 5.26 Å². The predicted octanol–water partition coefficient (Wildman–Crippen LogP) is 7.16. The minimum absolute atomic E-state index is 0.164. The van der Waals surface area contributed by atoms with E-state index in [-0.39, 0.29) is 17.4 Å². The highest BCUT2D eigenvalue weighted by Crippen LogP contribution is 2.38. The van der Waals surface area contributed by atoms with Gasteiger partial charge in [-0.25, -0.2) is 0 Å². The van der Waals surface area contributed by atoms with E-state index in [4.69, 9.17) is 26.3 Å². The SMILES string of the molecule is Cc1c(COc2ccc(C=O)c(OCc3cccc(C#N)c3)c2Cl)cccc1-c1ccccc1. The molecule has 4 nitrogen and oxygen atoms in total. The lowest BCUT2D eigenvalue weighted by atomic mass is 9.97. The van der Waals surface area contributed by atoms with Crippen molar-refractivity contribution in [1.82, 2.24) is 0 Å². The van der Waals surface area contributed by atoms with Gasteiger partial charge in [0.1, 0.15) is 24.0 Å². The van der Waals surface area contributed by atoms with Crippen LogP contribution in [0.3, 0.4) is 0 Å². The van der Waals surface area contributed by atoms with Gasteiger partial charge >= 0.3 is 0 Å². The first-order valence-corrected chi connectivity index (χ1v) is 11.1. The third kappa shape index (κ3) is 5.11. The average Bonchev–Trinajstić information content (AvgIpc) is 2.88. The van der Waals surface area contributed by atoms with Crippen LogP contribution in [0.4, 0.5) is 0 Å². The zero-order valence-electron chi connectivity index (χ0n) is 18.6. The Hall–Kier alpha value is -4.07. The van der Waals surface area contributed by atoms with E-state index in [2.05, 4.69) is 31.2 Å². The molecule has 4 aromatic carbocycles. The number of ether oxygens (including phenoxy) is 2. The summed E-state index contributed by atoms with van der Waals surface area (Å²) >= 11 is 6.59. The third-order valence-electron chi connectivity index (χ3n) is 5.57. The van der Waals surface area contributed by atoms with Gasteiger partial charge in [0.25, 0.3) is 0 Å². The van der Waals surface area contributed by atoms with Crippen molar-refractivity contribution in [3.05, 3.63) is 118 Å². The summed E-state index contributed by atoms with van der Waals surface area (Å²) in [5, 5.41) is 9.32. The quantitative estimate of drug-likeness (QED) is 0.258. The maximum absolute atomic E-state index is 11.6.